The average Bonchev–Trinajstić information content (AvgIpc) is 3.37. The number of nitrogens with one attached hydrogen (secondary N) is 2. The van der Waals surface area contributed by atoms with Gasteiger partial charge in [0.2, 0.25) is 5.91 Å². The van der Waals surface area contributed by atoms with Crippen molar-refractivity contribution in [2.45, 2.75) is 18.6 Å². The Hall–Kier alpha value is -4.56. The van der Waals surface area contributed by atoms with Crippen LogP contribution in [0.2, 0.25) is 0 Å². The number of aromatic nitrogens is 2. The molecule has 2 heterocycles. The number of carbonyl (C=O) groups excluding carboxylic acids is 2. The second kappa shape index (κ2) is 12.5. The van der Waals surface area contributed by atoms with Crippen LogP contribution in [0.15, 0.2) is 108 Å². The van der Waals surface area contributed by atoms with Gasteiger partial charge in [0.05, 0.1) is 5.75 Å². The van der Waals surface area contributed by atoms with Crippen molar-refractivity contribution in [3.05, 3.63) is 120 Å². The van der Waals surface area contributed by atoms with Crippen molar-refractivity contribution in [3.63, 3.8) is 0 Å². The van der Waals surface area contributed by atoms with E-state index in [9.17, 15) is 9.59 Å². The molecule has 0 radical (unpaired) electrons. The molecule has 6 rings (SSSR count). The minimum atomic E-state index is -0.0547. The quantitative estimate of drug-likeness (QED) is 0.189. The molecule has 0 atom stereocenters. The van der Waals surface area contributed by atoms with Gasteiger partial charge in [0.15, 0.2) is 11.0 Å². The first-order chi connectivity index (χ1) is 20.5. The lowest BCUT2D eigenvalue weighted by Gasteiger charge is -2.36. The van der Waals surface area contributed by atoms with Gasteiger partial charge in [-0.1, -0.05) is 60.2 Å². The maximum Gasteiger partial charge on any atom is 0.317 e. The lowest BCUT2D eigenvalue weighted by atomic mass is 10.1. The number of anilines is 2. The SMILES string of the molecule is Cc1cccc(C(=O)N2CCN(c3ccc(NC(=O)CSc4[nH]c5ccccc5[n+]4Cc4ccccc4)cc3)CC2)c1. The van der Waals surface area contributed by atoms with Crippen molar-refractivity contribution in [1.82, 2.24) is 9.88 Å². The first-order valence-corrected chi connectivity index (χ1v) is 15.2. The minimum Gasteiger partial charge on any atom is -0.368 e. The van der Waals surface area contributed by atoms with Crippen molar-refractivity contribution in [3.8, 4) is 0 Å². The Balaban J connectivity index is 1.03. The zero-order valence-electron chi connectivity index (χ0n) is 23.6. The van der Waals surface area contributed by atoms with Gasteiger partial charge in [-0.3, -0.25) is 9.59 Å². The predicted octanol–water partition coefficient (Wildman–Crippen LogP) is 5.51. The Labute approximate surface area is 250 Å². The molecule has 4 aromatic carbocycles. The number of carbonyl (C=O) groups is 2. The number of piperazine rings is 1. The summed E-state index contributed by atoms with van der Waals surface area (Å²) in [5, 5.41) is 3.99. The number of aromatic amines is 1. The highest BCUT2D eigenvalue weighted by atomic mass is 32.2. The van der Waals surface area contributed by atoms with Crippen molar-refractivity contribution in [1.29, 1.82) is 0 Å². The Bertz CT molecular complexity index is 1690. The summed E-state index contributed by atoms with van der Waals surface area (Å²) in [6, 6.07) is 34.3. The van der Waals surface area contributed by atoms with E-state index in [1.807, 2.05) is 90.7 Å². The van der Waals surface area contributed by atoms with Gasteiger partial charge < -0.3 is 15.1 Å². The normalized spacial score (nSPS) is 13.4. The first kappa shape index (κ1) is 27.6. The average molecular weight is 577 g/mol. The number of amides is 2. The van der Waals surface area contributed by atoms with Gasteiger partial charge in [-0.2, -0.15) is 0 Å². The molecular formula is C34H34N5O2S+. The van der Waals surface area contributed by atoms with Crippen LogP contribution in [-0.4, -0.2) is 53.6 Å². The van der Waals surface area contributed by atoms with E-state index >= 15 is 0 Å². The molecule has 2 amide bonds. The maximum absolute atomic E-state index is 12.9. The van der Waals surface area contributed by atoms with Gasteiger partial charge >= 0.3 is 5.16 Å². The summed E-state index contributed by atoms with van der Waals surface area (Å²) in [6.45, 7) is 5.64. The smallest absolute Gasteiger partial charge is 0.317 e. The van der Waals surface area contributed by atoms with Gasteiger partial charge in [0.1, 0.15) is 6.54 Å². The monoisotopic (exact) mass is 576 g/mol. The molecule has 0 spiro atoms. The van der Waals surface area contributed by atoms with Crippen LogP contribution in [0.4, 0.5) is 11.4 Å². The molecule has 5 aromatic rings. The number of imidazole rings is 1. The van der Waals surface area contributed by atoms with E-state index in [4.69, 9.17) is 0 Å². The number of para-hydroxylation sites is 2. The van der Waals surface area contributed by atoms with Crippen LogP contribution in [0.5, 0.6) is 0 Å². The minimum absolute atomic E-state index is 0.0547. The summed E-state index contributed by atoms with van der Waals surface area (Å²) >= 11 is 1.50. The van der Waals surface area contributed by atoms with Crippen LogP contribution in [0.1, 0.15) is 21.5 Å². The Morgan fingerprint density at radius 1 is 0.857 bits per heavy atom. The molecule has 0 aliphatic carbocycles. The van der Waals surface area contributed by atoms with Crippen molar-refractivity contribution in [2.75, 3.05) is 42.1 Å². The van der Waals surface area contributed by atoms with Gasteiger partial charge in [-0.05, 0) is 72.8 Å². The van der Waals surface area contributed by atoms with E-state index in [2.05, 4.69) is 44.0 Å². The van der Waals surface area contributed by atoms with Crippen LogP contribution in [-0.2, 0) is 11.3 Å². The summed E-state index contributed by atoms with van der Waals surface area (Å²) in [6.07, 6.45) is 0. The van der Waals surface area contributed by atoms with Crippen LogP contribution in [0.25, 0.3) is 11.0 Å². The molecule has 1 saturated heterocycles. The molecule has 8 heteroatoms. The number of H-pyrrole nitrogens is 1. The van der Waals surface area contributed by atoms with Crippen LogP contribution in [0.3, 0.4) is 0 Å². The van der Waals surface area contributed by atoms with Gasteiger partial charge in [-0.15, -0.1) is 0 Å². The van der Waals surface area contributed by atoms with E-state index in [1.54, 1.807) is 0 Å². The van der Waals surface area contributed by atoms with Crippen LogP contribution in [0, 0.1) is 6.92 Å². The van der Waals surface area contributed by atoms with Crippen LogP contribution >= 0.6 is 11.8 Å². The highest BCUT2D eigenvalue weighted by molar-refractivity contribution is 7.99. The summed E-state index contributed by atoms with van der Waals surface area (Å²) in [5.74, 6) is 0.327. The topological polar surface area (TPSA) is 72.3 Å². The van der Waals surface area contributed by atoms with Crippen molar-refractivity contribution in [2.24, 2.45) is 0 Å². The standard InChI is InChI=1S/C34H33N5O2S/c1-25-8-7-11-27(22-25)33(41)38-20-18-37(19-21-38)29-16-14-28(15-17-29)35-32(40)24-42-34-36-30-12-5-6-13-31(30)39(34)23-26-9-3-2-4-10-26/h2-17,22H,18-21,23-24H2,1H3,(H,35,40)/p+1. The van der Waals surface area contributed by atoms with Gasteiger partial charge in [-0.25, -0.2) is 9.55 Å². The number of rotatable bonds is 8. The molecule has 42 heavy (non-hydrogen) atoms. The fourth-order valence-corrected chi connectivity index (χ4v) is 6.20. The van der Waals surface area contributed by atoms with E-state index in [1.165, 1.54) is 17.3 Å². The van der Waals surface area contributed by atoms with E-state index in [0.29, 0.717) is 18.8 Å². The number of hydrogen-bond acceptors (Lipinski definition) is 4. The maximum atomic E-state index is 12.9. The lowest BCUT2D eigenvalue weighted by Crippen LogP contribution is -2.48. The zero-order chi connectivity index (χ0) is 28.9. The molecular weight excluding hydrogens is 542 g/mol. The molecule has 0 saturated carbocycles. The number of benzene rings is 4. The van der Waals surface area contributed by atoms with E-state index < -0.39 is 0 Å². The second-order valence-electron chi connectivity index (χ2n) is 10.6. The molecule has 0 unspecified atom stereocenters. The third-order valence-electron chi connectivity index (χ3n) is 7.55. The molecule has 1 aliphatic heterocycles. The Morgan fingerprint density at radius 2 is 1.60 bits per heavy atom. The fraction of sp³-hybridized carbons (Fsp3) is 0.206. The molecule has 1 aliphatic rings. The lowest BCUT2D eigenvalue weighted by molar-refractivity contribution is -0.700. The molecule has 7 nitrogen and oxygen atoms in total. The number of thioether (sulfide) groups is 1. The van der Waals surface area contributed by atoms with Crippen molar-refractivity contribution < 1.29 is 14.2 Å². The van der Waals surface area contributed by atoms with Gasteiger partial charge in [0.25, 0.3) is 5.91 Å². The van der Waals surface area contributed by atoms with E-state index in [0.717, 1.165) is 58.3 Å². The third-order valence-corrected chi connectivity index (χ3v) is 8.56. The van der Waals surface area contributed by atoms with E-state index in [-0.39, 0.29) is 11.8 Å². The Kier molecular flexibility index (Phi) is 8.23. The largest absolute Gasteiger partial charge is 0.368 e. The van der Waals surface area contributed by atoms with Crippen LogP contribution < -0.4 is 14.8 Å². The highest BCUT2D eigenvalue weighted by Crippen LogP contribution is 2.22. The second-order valence-corrected chi connectivity index (χ2v) is 11.5. The predicted molar refractivity (Wildman–Crippen MR) is 169 cm³/mol. The highest BCUT2D eigenvalue weighted by Gasteiger charge is 2.23. The summed E-state index contributed by atoms with van der Waals surface area (Å²) < 4.78 is 2.23. The third kappa shape index (κ3) is 6.34. The van der Waals surface area contributed by atoms with Gasteiger partial charge in [0, 0.05) is 43.1 Å². The number of fused-ring (bicyclic) bond motifs is 1. The number of nitrogens with zero attached hydrogens (tertiary/aromatic N) is 3. The zero-order valence-corrected chi connectivity index (χ0v) is 24.4. The summed E-state index contributed by atoms with van der Waals surface area (Å²) in [7, 11) is 0. The summed E-state index contributed by atoms with van der Waals surface area (Å²) in [4.78, 5) is 33.5. The summed E-state index contributed by atoms with van der Waals surface area (Å²) in [5.41, 5.74) is 7.06. The molecule has 1 fully saturated rings. The molecule has 212 valence electrons. The fourth-order valence-electron chi connectivity index (χ4n) is 5.36. The Morgan fingerprint density at radius 3 is 2.36 bits per heavy atom. The number of hydrogen-bond donors (Lipinski definition) is 2. The van der Waals surface area contributed by atoms with Crippen molar-refractivity contribution >= 4 is 46.0 Å². The molecule has 1 aromatic heterocycles. The first-order valence-electron chi connectivity index (χ1n) is 14.2. The molecule has 0 bridgehead atoms. The molecule has 2 N–H and O–H groups in total. The number of aryl methyl sites for hydroxylation is 1.